The van der Waals surface area contributed by atoms with Crippen molar-refractivity contribution in [1.82, 2.24) is 4.90 Å². The van der Waals surface area contributed by atoms with E-state index in [4.69, 9.17) is 11.6 Å². The third-order valence-corrected chi connectivity index (χ3v) is 7.17. The van der Waals surface area contributed by atoms with Crippen LogP contribution in [0.15, 0.2) is 103 Å². The minimum Gasteiger partial charge on any atom is -0.378 e. The van der Waals surface area contributed by atoms with Gasteiger partial charge in [0, 0.05) is 37.0 Å². The number of nitrogens with zero attached hydrogens (tertiary/aromatic N) is 2. The van der Waals surface area contributed by atoms with E-state index in [0.717, 1.165) is 22.4 Å². The Labute approximate surface area is 242 Å². The zero-order valence-corrected chi connectivity index (χ0v) is 24.2. The molecular formula is C34H36ClN3O2. The Morgan fingerprint density at radius 3 is 1.93 bits per heavy atom. The van der Waals surface area contributed by atoms with Crippen molar-refractivity contribution in [2.75, 3.05) is 24.3 Å². The van der Waals surface area contributed by atoms with E-state index in [-0.39, 0.29) is 24.8 Å². The molecule has 0 bridgehead atoms. The van der Waals surface area contributed by atoms with Crippen molar-refractivity contribution < 1.29 is 9.59 Å². The van der Waals surface area contributed by atoms with E-state index >= 15 is 0 Å². The first-order valence-electron chi connectivity index (χ1n) is 13.5. The number of halogens is 1. The largest absolute Gasteiger partial charge is 0.378 e. The number of rotatable bonds is 10. The van der Waals surface area contributed by atoms with Gasteiger partial charge in [-0.05, 0) is 64.6 Å². The third kappa shape index (κ3) is 7.51. The average Bonchev–Trinajstić information content (AvgIpc) is 2.95. The number of hydrogen-bond donors (Lipinski definition) is 1. The molecule has 206 valence electrons. The maximum atomic E-state index is 14.1. The summed E-state index contributed by atoms with van der Waals surface area (Å²) in [6.07, 6.45) is 0.180. The summed E-state index contributed by atoms with van der Waals surface area (Å²) in [7, 11) is 3.94. The van der Waals surface area contributed by atoms with Gasteiger partial charge < -0.3 is 15.1 Å². The van der Waals surface area contributed by atoms with Crippen molar-refractivity contribution in [1.29, 1.82) is 0 Å². The fourth-order valence-electron chi connectivity index (χ4n) is 4.57. The lowest BCUT2D eigenvalue weighted by atomic mass is 9.97. The number of anilines is 2. The molecule has 0 fully saturated rings. The van der Waals surface area contributed by atoms with Gasteiger partial charge in [-0.2, -0.15) is 0 Å². The zero-order chi connectivity index (χ0) is 28.6. The van der Waals surface area contributed by atoms with E-state index in [0.29, 0.717) is 16.6 Å². The molecule has 0 spiro atoms. The van der Waals surface area contributed by atoms with Gasteiger partial charge in [-0.15, -0.1) is 0 Å². The Balaban J connectivity index is 1.74. The molecule has 0 saturated heterocycles. The van der Waals surface area contributed by atoms with Crippen molar-refractivity contribution in [3.8, 4) is 0 Å². The number of amides is 2. The van der Waals surface area contributed by atoms with Crippen molar-refractivity contribution in [3.63, 3.8) is 0 Å². The highest BCUT2D eigenvalue weighted by Gasteiger charge is 2.32. The molecule has 40 heavy (non-hydrogen) atoms. The van der Waals surface area contributed by atoms with Gasteiger partial charge in [0.2, 0.25) is 5.91 Å². The predicted molar refractivity (Wildman–Crippen MR) is 165 cm³/mol. The van der Waals surface area contributed by atoms with E-state index in [9.17, 15) is 9.59 Å². The van der Waals surface area contributed by atoms with Crippen LogP contribution in [0.2, 0.25) is 5.02 Å². The molecule has 0 heterocycles. The molecule has 6 heteroatoms. The highest BCUT2D eigenvalue weighted by molar-refractivity contribution is 6.30. The third-order valence-electron chi connectivity index (χ3n) is 6.91. The van der Waals surface area contributed by atoms with Crippen LogP contribution in [0.4, 0.5) is 11.4 Å². The zero-order valence-electron chi connectivity index (χ0n) is 23.5. The Hall–Kier alpha value is -4.09. The van der Waals surface area contributed by atoms with E-state index in [2.05, 4.69) is 19.2 Å². The Morgan fingerprint density at radius 2 is 1.35 bits per heavy atom. The number of carbonyl (C=O) groups is 2. The average molecular weight is 554 g/mol. The van der Waals surface area contributed by atoms with Gasteiger partial charge in [-0.25, -0.2) is 0 Å². The first-order chi connectivity index (χ1) is 19.2. The molecular weight excluding hydrogens is 518 g/mol. The lowest BCUT2D eigenvalue weighted by Gasteiger charge is -2.32. The second-order valence-electron chi connectivity index (χ2n) is 10.5. The molecule has 1 N–H and O–H groups in total. The van der Waals surface area contributed by atoms with Crippen molar-refractivity contribution in [2.45, 2.75) is 38.8 Å². The van der Waals surface area contributed by atoms with Gasteiger partial charge in [-0.3, -0.25) is 9.59 Å². The number of hydrogen-bond acceptors (Lipinski definition) is 3. The van der Waals surface area contributed by atoms with Gasteiger partial charge in [0.15, 0.2) is 0 Å². The van der Waals surface area contributed by atoms with Crippen LogP contribution in [0.1, 0.15) is 48.1 Å². The van der Waals surface area contributed by atoms with E-state index in [1.165, 1.54) is 5.56 Å². The highest BCUT2D eigenvalue weighted by Crippen LogP contribution is 2.29. The minimum absolute atomic E-state index is 0.141. The molecule has 0 radical (unpaired) electrons. The summed E-state index contributed by atoms with van der Waals surface area (Å²) in [6.45, 7) is 4.52. The summed E-state index contributed by atoms with van der Waals surface area (Å²) in [5.74, 6) is -0.0658. The molecule has 4 aromatic carbocycles. The molecule has 0 aromatic heterocycles. The van der Waals surface area contributed by atoms with Crippen LogP contribution in [0, 0.1) is 0 Å². The second kappa shape index (κ2) is 13.3. The SMILES string of the molecule is CC(C)c1ccc(C(C(=O)Nc2ccc(N(C)C)cc2)N(Cc2ccc(Cl)cc2)C(=O)Cc2ccccc2)cc1. The summed E-state index contributed by atoms with van der Waals surface area (Å²) in [5.41, 5.74) is 5.40. The normalized spacial score (nSPS) is 11.7. The number of carbonyl (C=O) groups excluding carboxylic acids is 2. The summed E-state index contributed by atoms with van der Waals surface area (Å²) < 4.78 is 0. The van der Waals surface area contributed by atoms with Gasteiger partial charge >= 0.3 is 0 Å². The fourth-order valence-corrected chi connectivity index (χ4v) is 4.70. The first kappa shape index (κ1) is 28.9. The van der Waals surface area contributed by atoms with E-state index in [1.807, 2.05) is 110 Å². The standard InChI is InChI=1S/C34H36ClN3O2/c1-24(2)27-12-14-28(15-13-27)33(34(40)36-30-18-20-31(21-19-30)37(3)4)38(23-26-10-16-29(35)17-11-26)32(39)22-25-8-6-5-7-9-25/h5-21,24,33H,22-23H2,1-4H3,(H,36,40). The molecule has 1 atom stereocenters. The van der Waals surface area contributed by atoms with Gasteiger partial charge in [0.25, 0.3) is 5.91 Å². The maximum absolute atomic E-state index is 14.1. The molecule has 0 saturated carbocycles. The van der Waals surface area contributed by atoms with Crippen LogP contribution < -0.4 is 10.2 Å². The Morgan fingerprint density at radius 1 is 0.750 bits per heavy atom. The van der Waals surface area contributed by atoms with Crippen LogP contribution >= 0.6 is 11.6 Å². The Kier molecular flexibility index (Phi) is 9.62. The number of nitrogens with one attached hydrogen (secondary N) is 1. The van der Waals surface area contributed by atoms with Crippen LogP contribution in [0.25, 0.3) is 0 Å². The van der Waals surface area contributed by atoms with Crippen molar-refractivity contribution in [2.24, 2.45) is 0 Å². The maximum Gasteiger partial charge on any atom is 0.251 e. The summed E-state index contributed by atoms with van der Waals surface area (Å²) in [5, 5.41) is 3.68. The topological polar surface area (TPSA) is 52.7 Å². The van der Waals surface area contributed by atoms with E-state index in [1.54, 1.807) is 17.0 Å². The smallest absolute Gasteiger partial charge is 0.251 e. The summed E-state index contributed by atoms with van der Waals surface area (Å²) in [4.78, 5) is 31.7. The summed E-state index contributed by atoms with van der Waals surface area (Å²) in [6, 6.07) is 31.8. The van der Waals surface area contributed by atoms with Crippen LogP contribution in [-0.2, 0) is 22.6 Å². The predicted octanol–water partition coefficient (Wildman–Crippen LogP) is 7.48. The Bertz CT molecular complexity index is 1400. The van der Waals surface area contributed by atoms with Gasteiger partial charge in [0.1, 0.15) is 6.04 Å². The van der Waals surface area contributed by atoms with Crippen LogP contribution in [0.3, 0.4) is 0 Å². The highest BCUT2D eigenvalue weighted by atomic mass is 35.5. The fraction of sp³-hybridized carbons (Fsp3) is 0.235. The van der Waals surface area contributed by atoms with Crippen LogP contribution in [-0.4, -0.2) is 30.8 Å². The number of benzene rings is 4. The van der Waals surface area contributed by atoms with Crippen LogP contribution in [0.5, 0.6) is 0 Å². The quantitative estimate of drug-likeness (QED) is 0.221. The van der Waals surface area contributed by atoms with E-state index < -0.39 is 6.04 Å². The van der Waals surface area contributed by atoms with Gasteiger partial charge in [-0.1, -0.05) is 92.2 Å². The lowest BCUT2D eigenvalue weighted by Crippen LogP contribution is -2.41. The molecule has 0 aliphatic rings. The van der Waals surface area contributed by atoms with Gasteiger partial charge in [0.05, 0.1) is 6.42 Å². The molecule has 2 amide bonds. The molecule has 0 aliphatic carbocycles. The van der Waals surface area contributed by atoms with Crippen molar-refractivity contribution in [3.05, 3.63) is 130 Å². The lowest BCUT2D eigenvalue weighted by molar-refractivity contribution is -0.139. The molecule has 4 rings (SSSR count). The first-order valence-corrected chi connectivity index (χ1v) is 13.8. The molecule has 4 aromatic rings. The molecule has 5 nitrogen and oxygen atoms in total. The molecule has 0 aliphatic heterocycles. The monoisotopic (exact) mass is 553 g/mol. The van der Waals surface area contributed by atoms with Crippen molar-refractivity contribution >= 4 is 34.8 Å². The second-order valence-corrected chi connectivity index (χ2v) is 10.9. The molecule has 1 unspecified atom stereocenters. The summed E-state index contributed by atoms with van der Waals surface area (Å²) >= 11 is 6.14. The minimum atomic E-state index is -0.846.